The van der Waals surface area contributed by atoms with E-state index in [-0.39, 0.29) is 6.04 Å². The highest BCUT2D eigenvalue weighted by molar-refractivity contribution is 5.65. The van der Waals surface area contributed by atoms with Gasteiger partial charge in [-0.05, 0) is 25.0 Å². The van der Waals surface area contributed by atoms with Gasteiger partial charge in [0.15, 0.2) is 0 Å². The fraction of sp³-hybridized carbons (Fsp3) is 0.571. The van der Waals surface area contributed by atoms with Crippen molar-refractivity contribution >= 4 is 17.6 Å². The van der Waals surface area contributed by atoms with Crippen LogP contribution in [0, 0.1) is 0 Å². The molecular formula is C14H22N4O2. The number of hydrogen-bond acceptors (Lipinski definition) is 4. The van der Waals surface area contributed by atoms with E-state index in [2.05, 4.69) is 16.0 Å². The molecule has 0 atom stereocenters. The van der Waals surface area contributed by atoms with Crippen molar-refractivity contribution in [3.63, 3.8) is 0 Å². The fourth-order valence-corrected chi connectivity index (χ4v) is 2.50. The molecule has 2 heterocycles. The van der Waals surface area contributed by atoms with E-state index in [1.54, 1.807) is 7.05 Å². The second-order valence-corrected chi connectivity index (χ2v) is 5.38. The van der Waals surface area contributed by atoms with Gasteiger partial charge >= 0.3 is 6.09 Å². The number of pyridine rings is 1. The zero-order chi connectivity index (χ0) is 14.7. The van der Waals surface area contributed by atoms with E-state index in [0.717, 1.165) is 37.4 Å². The van der Waals surface area contributed by atoms with Crippen molar-refractivity contribution in [3.8, 4) is 0 Å². The zero-order valence-corrected chi connectivity index (χ0v) is 12.3. The van der Waals surface area contributed by atoms with Crippen LogP contribution in [0.25, 0.3) is 0 Å². The minimum Gasteiger partial charge on any atom is -0.465 e. The Balaban J connectivity index is 1.95. The SMILES string of the molecule is CN(C)c1ccc(N2CCC(N(C)C(=O)O)CC2)cn1. The van der Waals surface area contributed by atoms with Gasteiger partial charge in [-0.25, -0.2) is 9.78 Å². The minimum absolute atomic E-state index is 0.123. The van der Waals surface area contributed by atoms with Gasteiger partial charge in [-0.2, -0.15) is 0 Å². The maximum Gasteiger partial charge on any atom is 0.407 e. The predicted octanol–water partition coefficient (Wildman–Crippen LogP) is 1.73. The number of amides is 1. The van der Waals surface area contributed by atoms with Gasteiger partial charge in [0.1, 0.15) is 5.82 Å². The van der Waals surface area contributed by atoms with E-state index in [1.165, 1.54) is 4.90 Å². The summed E-state index contributed by atoms with van der Waals surface area (Å²) in [4.78, 5) is 21.0. The number of aromatic nitrogens is 1. The Labute approximate surface area is 119 Å². The molecule has 1 aromatic heterocycles. The van der Waals surface area contributed by atoms with Crippen LogP contribution < -0.4 is 9.80 Å². The molecule has 1 amide bonds. The number of hydrogen-bond donors (Lipinski definition) is 1. The first-order chi connectivity index (χ1) is 9.49. The number of carbonyl (C=O) groups is 1. The summed E-state index contributed by atoms with van der Waals surface area (Å²) in [6.45, 7) is 1.73. The molecular weight excluding hydrogens is 256 g/mol. The second-order valence-electron chi connectivity index (χ2n) is 5.38. The number of piperidine rings is 1. The highest BCUT2D eigenvalue weighted by Gasteiger charge is 2.25. The molecule has 2 rings (SSSR count). The molecule has 1 N–H and O–H groups in total. The topological polar surface area (TPSA) is 59.9 Å². The molecule has 6 heteroatoms. The molecule has 20 heavy (non-hydrogen) atoms. The molecule has 0 aromatic carbocycles. The first kappa shape index (κ1) is 14.4. The number of nitrogens with zero attached hydrogens (tertiary/aromatic N) is 4. The van der Waals surface area contributed by atoms with Gasteiger partial charge in [0.05, 0.1) is 11.9 Å². The molecule has 1 saturated heterocycles. The van der Waals surface area contributed by atoms with Gasteiger partial charge in [0.2, 0.25) is 0 Å². The summed E-state index contributed by atoms with van der Waals surface area (Å²) >= 11 is 0. The molecule has 0 bridgehead atoms. The van der Waals surface area contributed by atoms with Crippen LogP contribution in [-0.2, 0) is 0 Å². The van der Waals surface area contributed by atoms with Crippen LogP contribution >= 0.6 is 0 Å². The van der Waals surface area contributed by atoms with Gasteiger partial charge in [-0.3, -0.25) is 0 Å². The Kier molecular flexibility index (Phi) is 4.32. The largest absolute Gasteiger partial charge is 0.465 e. The first-order valence-corrected chi connectivity index (χ1v) is 6.83. The Bertz CT molecular complexity index is 453. The third-order valence-electron chi connectivity index (χ3n) is 3.87. The Morgan fingerprint density at radius 2 is 1.95 bits per heavy atom. The fourth-order valence-electron chi connectivity index (χ4n) is 2.50. The van der Waals surface area contributed by atoms with Gasteiger partial charge < -0.3 is 19.8 Å². The average molecular weight is 278 g/mol. The summed E-state index contributed by atoms with van der Waals surface area (Å²) in [5.41, 5.74) is 1.10. The number of anilines is 2. The van der Waals surface area contributed by atoms with Crippen molar-refractivity contribution < 1.29 is 9.90 Å². The Hall–Kier alpha value is -1.98. The first-order valence-electron chi connectivity index (χ1n) is 6.83. The Morgan fingerprint density at radius 1 is 1.30 bits per heavy atom. The summed E-state index contributed by atoms with van der Waals surface area (Å²) in [7, 11) is 5.58. The minimum atomic E-state index is -0.847. The maximum absolute atomic E-state index is 10.9. The van der Waals surface area contributed by atoms with E-state index in [9.17, 15) is 4.79 Å². The average Bonchev–Trinajstić information content (AvgIpc) is 2.46. The lowest BCUT2D eigenvalue weighted by Gasteiger charge is -2.36. The van der Waals surface area contributed by atoms with Crippen LogP contribution in [-0.4, -0.2) is 61.4 Å². The van der Waals surface area contributed by atoms with Crippen molar-refractivity contribution in [1.29, 1.82) is 0 Å². The van der Waals surface area contributed by atoms with E-state index in [4.69, 9.17) is 5.11 Å². The summed E-state index contributed by atoms with van der Waals surface area (Å²) in [6, 6.07) is 4.20. The van der Waals surface area contributed by atoms with Crippen molar-refractivity contribution in [2.75, 3.05) is 44.0 Å². The zero-order valence-electron chi connectivity index (χ0n) is 12.3. The predicted molar refractivity (Wildman–Crippen MR) is 79.6 cm³/mol. The number of rotatable bonds is 3. The standard InChI is InChI=1S/C14H22N4O2/c1-16(2)13-5-4-12(10-15-13)18-8-6-11(7-9-18)17(3)14(19)20/h4-5,10-11H,6-9H2,1-3H3,(H,19,20). The number of carboxylic acid groups (broad SMARTS) is 1. The molecule has 1 fully saturated rings. The van der Waals surface area contributed by atoms with E-state index >= 15 is 0 Å². The monoisotopic (exact) mass is 278 g/mol. The summed E-state index contributed by atoms with van der Waals surface area (Å²) < 4.78 is 0. The third kappa shape index (κ3) is 3.12. The molecule has 1 aliphatic rings. The molecule has 6 nitrogen and oxygen atoms in total. The van der Waals surface area contributed by atoms with Crippen molar-refractivity contribution in [2.24, 2.45) is 0 Å². The highest BCUT2D eigenvalue weighted by Crippen LogP contribution is 2.22. The van der Waals surface area contributed by atoms with Crippen LogP contribution in [0.4, 0.5) is 16.3 Å². The second kappa shape index (κ2) is 5.98. The van der Waals surface area contributed by atoms with Crippen molar-refractivity contribution in [1.82, 2.24) is 9.88 Å². The maximum atomic E-state index is 10.9. The lowest BCUT2D eigenvalue weighted by Crippen LogP contribution is -2.45. The van der Waals surface area contributed by atoms with Gasteiger partial charge in [0.25, 0.3) is 0 Å². The summed E-state index contributed by atoms with van der Waals surface area (Å²) in [6.07, 6.45) is 2.76. The van der Waals surface area contributed by atoms with Gasteiger partial charge in [-0.1, -0.05) is 0 Å². The molecule has 0 unspecified atom stereocenters. The molecule has 0 radical (unpaired) electrons. The van der Waals surface area contributed by atoms with Crippen LogP contribution in [0.2, 0.25) is 0 Å². The van der Waals surface area contributed by atoms with Crippen molar-refractivity contribution in [2.45, 2.75) is 18.9 Å². The molecule has 110 valence electrons. The smallest absolute Gasteiger partial charge is 0.407 e. The molecule has 0 saturated carbocycles. The van der Waals surface area contributed by atoms with Crippen molar-refractivity contribution in [3.05, 3.63) is 18.3 Å². The third-order valence-corrected chi connectivity index (χ3v) is 3.87. The lowest BCUT2D eigenvalue weighted by molar-refractivity contribution is 0.131. The van der Waals surface area contributed by atoms with E-state index in [1.807, 2.05) is 31.3 Å². The van der Waals surface area contributed by atoms with Crippen LogP contribution in [0.1, 0.15) is 12.8 Å². The lowest BCUT2D eigenvalue weighted by atomic mass is 10.0. The van der Waals surface area contributed by atoms with Crippen LogP contribution in [0.15, 0.2) is 18.3 Å². The van der Waals surface area contributed by atoms with Gasteiger partial charge in [-0.15, -0.1) is 0 Å². The van der Waals surface area contributed by atoms with Crippen LogP contribution in [0.5, 0.6) is 0 Å². The van der Waals surface area contributed by atoms with Crippen LogP contribution in [0.3, 0.4) is 0 Å². The summed E-state index contributed by atoms with van der Waals surface area (Å²) in [5, 5.41) is 9.00. The Morgan fingerprint density at radius 3 is 2.40 bits per heavy atom. The normalized spacial score (nSPS) is 16.1. The molecule has 0 aliphatic carbocycles. The van der Waals surface area contributed by atoms with E-state index in [0.29, 0.717) is 0 Å². The van der Waals surface area contributed by atoms with Gasteiger partial charge in [0, 0.05) is 40.3 Å². The molecule has 1 aliphatic heterocycles. The molecule has 1 aromatic rings. The quantitative estimate of drug-likeness (QED) is 0.912. The summed E-state index contributed by atoms with van der Waals surface area (Å²) in [5.74, 6) is 0.939. The highest BCUT2D eigenvalue weighted by atomic mass is 16.4. The molecule has 0 spiro atoms. The van der Waals surface area contributed by atoms with E-state index < -0.39 is 6.09 Å².